The molecule has 0 unspecified atom stereocenters. The van der Waals surface area contributed by atoms with Crippen molar-refractivity contribution in [1.82, 2.24) is 4.72 Å². The molecule has 2 aromatic rings. The second-order valence-corrected chi connectivity index (χ2v) is 5.13. The largest absolute Gasteiger partial charge is 0.468 e. The van der Waals surface area contributed by atoms with Crippen LogP contribution in [0.4, 0.5) is 4.39 Å². The summed E-state index contributed by atoms with van der Waals surface area (Å²) in [5.74, 6) is -0.101. The van der Waals surface area contributed by atoms with E-state index in [0.29, 0.717) is 5.76 Å². The minimum atomic E-state index is -3.71. The molecule has 0 aliphatic carbocycles. The summed E-state index contributed by atoms with van der Waals surface area (Å²) in [6.45, 7) is 0.0336. The smallest absolute Gasteiger partial charge is 0.241 e. The van der Waals surface area contributed by atoms with Crippen LogP contribution in [0.2, 0.25) is 0 Å². The quantitative estimate of drug-likeness (QED) is 0.907. The van der Waals surface area contributed by atoms with Crippen molar-refractivity contribution in [3.8, 4) is 0 Å². The van der Waals surface area contributed by atoms with Crippen LogP contribution >= 0.6 is 0 Å². The minimum absolute atomic E-state index is 0.0336. The predicted octanol–water partition coefficient (Wildman–Crippen LogP) is 1.90. The molecule has 0 radical (unpaired) electrons. The Labute approximate surface area is 98.1 Å². The highest BCUT2D eigenvalue weighted by Crippen LogP contribution is 2.11. The van der Waals surface area contributed by atoms with Gasteiger partial charge in [0.15, 0.2) is 0 Å². The molecule has 4 nitrogen and oxygen atoms in total. The van der Waals surface area contributed by atoms with Gasteiger partial charge in [0, 0.05) is 0 Å². The predicted molar refractivity (Wildman–Crippen MR) is 59.1 cm³/mol. The van der Waals surface area contributed by atoms with E-state index in [4.69, 9.17) is 4.42 Å². The van der Waals surface area contributed by atoms with Crippen LogP contribution in [0, 0.1) is 5.82 Å². The average Bonchev–Trinajstić information content (AvgIpc) is 2.79. The maximum absolute atomic E-state index is 12.9. The molecule has 0 saturated heterocycles. The number of hydrogen-bond donors (Lipinski definition) is 1. The molecule has 0 saturated carbocycles. The molecule has 0 aliphatic heterocycles. The highest BCUT2D eigenvalue weighted by Gasteiger charge is 2.14. The SMILES string of the molecule is O=S(=O)(NCc1ccco1)c1cccc(F)c1. The van der Waals surface area contributed by atoms with Crippen molar-refractivity contribution >= 4 is 10.0 Å². The second kappa shape index (κ2) is 4.68. The van der Waals surface area contributed by atoms with Gasteiger partial charge in [-0.3, -0.25) is 0 Å². The van der Waals surface area contributed by atoms with Crippen LogP contribution in [0.15, 0.2) is 52.0 Å². The van der Waals surface area contributed by atoms with E-state index in [-0.39, 0.29) is 11.4 Å². The van der Waals surface area contributed by atoms with Crippen molar-refractivity contribution < 1.29 is 17.2 Å². The Hall–Kier alpha value is -1.66. The zero-order valence-corrected chi connectivity index (χ0v) is 9.58. The highest BCUT2D eigenvalue weighted by molar-refractivity contribution is 7.89. The third kappa shape index (κ3) is 2.92. The molecule has 0 amide bonds. The lowest BCUT2D eigenvalue weighted by Gasteiger charge is -2.05. The number of halogens is 1. The first-order chi connectivity index (χ1) is 8.08. The standard InChI is InChI=1S/C11H10FNO3S/c12-9-3-1-5-11(7-9)17(14,15)13-8-10-4-2-6-16-10/h1-7,13H,8H2. The molecule has 0 atom stereocenters. The molecule has 6 heteroatoms. The first-order valence-electron chi connectivity index (χ1n) is 4.85. The molecule has 1 aromatic carbocycles. The van der Waals surface area contributed by atoms with Gasteiger partial charge in [-0.05, 0) is 30.3 Å². The van der Waals surface area contributed by atoms with Crippen LogP contribution in [-0.4, -0.2) is 8.42 Å². The number of hydrogen-bond acceptors (Lipinski definition) is 3. The van der Waals surface area contributed by atoms with Gasteiger partial charge in [-0.25, -0.2) is 17.5 Å². The lowest BCUT2D eigenvalue weighted by Crippen LogP contribution is -2.23. The Morgan fingerprint density at radius 1 is 1.24 bits per heavy atom. The molecule has 1 heterocycles. The second-order valence-electron chi connectivity index (χ2n) is 3.36. The minimum Gasteiger partial charge on any atom is -0.468 e. The van der Waals surface area contributed by atoms with E-state index in [1.165, 1.54) is 24.5 Å². The van der Waals surface area contributed by atoms with E-state index in [1.54, 1.807) is 12.1 Å². The van der Waals surface area contributed by atoms with Gasteiger partial charge in [-0.2, -0.15) is 0 Å². The third-order valence-corrected chi connectivity index (χ3v) is 3.52. The molecule has 2 rings (SSSR count). The van der Waals surface area contributed by atoms with Crippen molar-refractivity contribution in [2.45, 2.75) is 11.4 Å². The van der Waals surface area contributed by atoms with E-state index < -0.39 is 15.8 Å². The summed E-state index contributed by atoms with van der Waals surface area (Å²) in [4.78, 5) is -0.107. The monoisotopic (exact) mass is 255 g/mol. The number of benzene rings is 1. The van der Waals surface area contributed by atoms with E-state index in [2.05, 4.69) is 4.72 Å². The zero-order valence-electron chi connectivity index (χ0n) is 8.76. The Morgan fingerprint density at radius 2 is 2.06 bits per heavy atom. The molecule has 1 aromatic heterocycles. The molecule has 90 valence electrons. The van der Waals surface area contributed by atoms with Crippen molar-refractivity contribution in [1.29, 1.82) is 0 Å². The van der Waals surface area contributed by atoms with E-state index >= 15 is 0 Å². The van der Waals surface area contributed by atoms with Gasteiger partial charge in [-0.1, -0.05) is 6.07 Å². The van der Waals surface area contributed by atoms with Crippen LogP contribution in [0.1, 0.15) is 5.76 Å². The molecular formula is C11H10FNO3S. The van der Waals surface area contributed by atoms with Crippen LogP contribution in [-0.2, 0) is 16.6 Å². The topological polar surface area (TPSA) is 59.3 Å². The number of nitrogens with one attached hydrogen (secondary N) is 1. The summed E-state index contributed by atoms with van der Waals surface area (Å²) in [6, 6.07) is 8.13. The Balaban J connectivity index is 2.14. The van der Waals surface area contributed by atoms with E-state index in [1.807, 2.05) is 0 Å². The third-order valence-electron chi connectivity index (χ3n) is 2.12. The molecular weight excluding hydrogens is 245 g/mol. The fraction of sp³-hybridized carbons (Fsp3) is 0.0909. The summed E-state index contributed by atoms with van der Waals surface area (Å²) in [5.41, 5.74) is 0. The van der Waals surface area contributed by atoms with Gasteiger partial charge in [0.1, 0.15) is 11.6 Å². The summed E-state index contributed by atoms with van der Waals surface area (Å²) in [7, 11) is -3.71. The molecule has 0 spiro atoms. The van der Waals surface area contributed by atoms with Gasteiger partial charge in [0.05, 0.1) is 17.7 Å². The van der Waals surface area contributed by atoms with Crippen molar-refractivity contribution in [2.24, 2.45) is 0 Å². The average molecular weight is 255 g/mol. The lowest BCUT2D eigenvalue weighted by atomic mass is 10.4. The molecule has 0 fully saturated rings. The number of furan rings is 1. The van der Waals surface area contributed by atoms with Gasteiger partial charge in [0.2, 0.25) is 10.0 Å². The Bertz CT molecular complexity index is 593. The van der Waals surface area contributed by atoms with Gasteiger partial charge in [-0.15, -0.1) is 0 Å². The molecule has 0 bridgehead atoms. The van der Waals surface area contributed by atoms with Crippen LogP contribution < -0.4 is 4.72 Å². The molecule has 17 heavy (non-hydrogen) atoms. The van der Waals surface area contributed by atoms with E-state index in [0.717, 1.165) is 6.07 Å². The summed E-state index contributed by atoms with van der Waals surface area (Å²) >= 11 is 0. The number of rotatable bonds is 4. The molecule has 0 aliphatic rings. The fourth-order valence-corrected chi connectivity index (χ4v) is 2.32. The fourth-order valence-electron chi connectivity index (χ4n) is 1.30. The molecule has 1 N–H and O–H groups in total. The highest BCUT2D eigenvalue weighted by atomic mass is 32.2. The van der Waals surface area contributed by atoms with Gasteiger partial charge >= 0.3 is 0 Å². The zero-order chi connectivity index (χ0) is 12.3. The first kappa shape index (κ1) is 11.8. The maximum atomic E-state index is 12.9. The summed E-state index contributed by atoms with van der Waals surface area (Å²) in [5, 5.41) is 0. The van der Waals surface area contributed by atoms with Crippen molar-refractivity contribution in [2.75, 3.05) is 0 Å². The van der Waals surface area contributed by atoms with Crippen LogP contribution in [0.3, 0.4) is 0 Å². The summed E-state index contributed by atoms with van der Waals surface area (Å²) < 4.78 is 43.7. The van der Waals surface area contributed by atoms with Gasteiger partial charge < -0.3 is 4.42 Å². The lowest BCUT2D eigenvalue weighted by molar-refractivity contribution is 0.498. The first-order valence-corrected chi connectivity index (χ1v) is 6.34. The van der Waals surface area contributed by atoms with Crippen molar-refractivity contribution in [3.05, 3.63) is 54.2 Å². The Morgan fingerprint density at radius 3 is 2.71 bits per heavy atom. The van der Waals surface area contributed by atoms with Crippen LogP contribution in [0.25, 0.3) is 0 Å². The summed E-state index contributed by atoms with van der Waals surface area (Å²) in [6.07, 6.45) is 1.45. The Kier molecular flexibility index (Phi) is 3.26. The van der Waals surface area contributed by atoms with Gasteiger partial charge in [0.25, 0.3) is 0 Å². The number of sulfonamides is 1. The van der Waals surface area contributed by atoms with Crippen molar-refractivity contribution in [3.63, 3.8) is 0 Å². The maximum Gasteiger partial charge on any atom is 0.241 e. The van der Waals surface area contributed by atoms with Crippen LogP contribution in [0.5, 0.6) is 0 Å². The normalized spacial score (nSPS) is 11.6. The van der Waals surface area contributed by atoms with E-state index in [9.17, 15) is 12.8 Å².